The summed E-state index contributed by atoms with van der Waals surface area (Å²) in [6, 6.07) is 0.192. The number of rotatable bonds is 4. The molecular formula is C10H17NO3. The zero-order chi connectivity index (χ0) is 10.9. The molecule has 0 bridgehead atoms. The van der Waals surface area contributed by atoms with Gasteiger partial charge in [0, 0.05) is 13.1 Å². The molecule has 4 heteroatoms. The van der Waals surface area contributed by atoms with Crippen LogP contribution in [0.2, 0.25) is 0 Å². The highest BCUT2D eigenvalue weighted by Crippen LogP contribution is 2.40. The summed E-state index contributed by atoms with van der Waals surface area (Å²) in [6.45, 7) is 3.98. The van der Waals surface area contributed by atoms with Gasteiger partial charge in [0.05, 0.1) is 11.8 Å². The van der Waals surface area contributed by atoms with Gasteiger partial charge >= 0.3 is 5.97 Å². The van der Waals surface area contributed by atoms with Gasteiger partial charge in [0.25, 0.3) is 0 Å². The van der Waals surface area contributed by atoms with Crippen LogP contribution in [0.15, 0.2) is 0 Å². The second kappa shape index (κ2) is 3.98. The van der Waals surface area contributed by atoms with Gasteiger partial charge in [0.15, 0.2) is 0 Å². The number of aliphatic carboxylic acids is 1. The van der Waals surface area contributed by atoms with Gasteiger partial charge in [-0.05, 0) is 19.8 Å². The Morgan fingerprint density at radius 1 is 1.50 bits per heavy atom. The Morgan fingerprint density at radius 2 is 2.07 bits per heavy atom. The van der Waals surface area contributed by atoms with E-state index in [1.807, 2.05) is 13.8 Å². The van der Waals surface area contributed by atoms with E-state index >= 15 is 0 Å². The smallest absolute Gasteiger partial charge is 0.307 e. The van der Waals surface area contributed by atoms with Crippen molar-refractivity contribution in [2.45, 2.75) is 32.7 Å². The minimum absolute atomic E-state index is 0.0215. The van der Waals surface area contributed by atoms with Crippen molar-refractivity contribution in [2.24, 2.45) is 11.8 Å². The molecule has 0 saturated heterocycles. The molecule has 3 atom stereocenters. The van der Waals surface area contributed by atoms with E-state index in [0.717, 1.165) is 6.42 Å². The third-order valence-electron chi connectivity index (χ3n) is 3.02. The lowest BCUT2D eigenvalue weighted by Gasteiger charge is -2.23. The highest BCUT2D eigenvalue weighted by Gasteiger charge is 2.49. The van der Waals surface area contributed by atoms with E-state index in [4.69, 9.17) is 5.11 Å². The molecule has 0 aromatic carbocycles. The summed E-state index contributed by atoms with van der Waals surface area (Å²) in [5.41, 5.74) is 0. The van der Waals surface area contributed by atoms with Crippen molar-refractivity contribution in [1.82, 2.24) is 4.90 Å². The number of amides is 1. The molecule has 0 radical (unpaired) electrons. The van der Waals surface area contributed by atoms with Crippen LogP contribution in [-0.2, 0) is 9.59 Å². The number of hydrogen-bond acceptors (Lipinski definition) is 2. The molecule has 0 heterocycles. The Labute approximate surface area is 83.9 Å². The fraction of sp³-hybridized carbons (Fsp3) is 0.800. The van der Waals surface area contributed by atoms with Gasteiger partial charge in [-0.3, -0.25) is 9.59 Å². The Balaban J connectivity index is 2.48. The zero-order valence-electron chi connectivity index (χ0n) is 8.86. The first-order chi connectivity index (χ1) is 6.49. The maximum Gasteiger partial charge on any atom is 0.307 e. The maximum atomic E-state index is 11.7. The standard InChI is InChI=1S/C10H17NO3/c1-4-6(2)11(3)9(12)7-5-8(7)10(13)14/h6-8H,4-5H2,1-3H3,(H,13,14)/t6?,7-,8+/m1/s1. The van der Waals surface area contributed by atoms with Gasteiger partial charge in [-0.25, -0.2) is 0 Å². The van der Waals surface area contributed by atoms with Crippen LogP contribution in [-0.4, -0.2) is 35.0 Å². The monoisotopic (exact) mass is 199 g/mol. The number of carboxylic acid groups (broad SMARTS) is 1. The van der Waals surface area contributed by atoms with Crippen LogP contribution in [0.3, 0.4) is 0 Å². The first-order valence-corrected chi connectivity index (χ1v) is 4.98. The molecule has 0 aromatic heterocycles. The van der Waals surface area contributed by atoms with Gasteiger partial charge in [0.1, 0.15) is 0 Å². The molecule has 1 fully saturated rings. The zero-order valence-corrected chi connectivity index (χ0v) is 8.86. The normalized spacial score (nSPS) is 26.8. The SMILES string of the molecule is CCC(C)N(C)C(=O)[C@@H]1C[C@@H]1C(=O)O. The van der Waals surface area contributed by atoms with E-state index < -0.39 is 11.9 Å². The third-order valence-corrected chi connectivity index (χ3v) is 3.02. The first-order valence-electron chi connectivity index (χ1n) is 4.98. The van der Waals surface area contributed by atoms with Crippen LogP contribution in [0, 0.1) is 11.8 Å². The van der Waals surface area contributed by atoms with Crippen molar-refractivity contribution >= 4 is 11.9 Å². The fourth-order valence-corrected chi connectivity index (χ4v) is 1.49. The highest BCUT2D eigenvalue weighted by atomic mass is 16.4. The number of carbonyl (C=O) groups is 2. The van der Waals surface area contributed by atoms with Crippen LogP contribution in [0.5, 0.6) is 0 Å². The average Bonchev–Trinajstić information content (AvgIpc) is 2.93. The van der Waals surface area contributed by atoms with E-state index in [2.05, 4.69) is 0 Å². The van der Waals surface area contributed by atoms with Crippen molar-refractivity contribution in [3.63, 3.8) is 0 Å². The summed E-state index contributed by atoms with van der Waals surface area (Å²) in [7, 11) is 1.74. The Bertz CT molecular complexity index is 252. The number of nitrogens with zero attached hydrogens (tertiary/aromatic N) is 1. The second-order valence-corrected chi connectivity index (χ2v) is 3.99. The molecule has 14 heavy (non-hydrogen) atoms. The van der Waals surface area contributed by atoms with Crippen LogP contribution in [0.1, 0.15) is 26.7 Å². The van der Waals surface area contributed by atoms with Gasteiger partial charge in [-0.1, -0.05) is 6.92 Å². The predicted molar refractivity (Wildman–Crippen MR) is 51.8 cm³/mol. The molecule has 1 unspecified atom stereocenters. The van der Waals surface area contributed by atoms with E-state index in [9.17, 15) is 9.59 Å². The quantitative estimate of drug-likeness (QED) is 0.733. The molecular weight excluding hydrogens is 182 g/mol. The van der Waals surface area contributed by atoms with Crippen molar-refractivity contribution in [3.05, 3.63) is 0 Å². The topological polar surface area (TPSA) is 57.6 Å². The predicted octanol–water partition coefficient (Wildman–Crippen LogP) is 0.964. The molecule has 1 aliphatic rings. The molecule has 0 aromatic rings. The number of carboxylic acids is 1. The van der Waals surface area contributed by atoms with E-state index in [0.29, 0.717) is 6.42 Å². The minimum atomic E-state index is -0.846. The van der Waals surface area contributed by atoms with Crippen LogP contribution < -0.4 is 0 Å². The van der Waals surface area contributed by atoms with Crippen LogP contribution in [0.4, 0.5) is 0 Å². The van der Waals surface area contributed by atoms with Gasteiger partial charge in [-0.2, -0.15) is 0 Å². The minimum Gasteiger partial charge on any atom is -0.481 e. The lowest BCUT2D eigenvalue weighted by atomic mass is 10.2. The fourth-order valence-electron chi connectivity index (χ4n) is 1.49. The highest BCUT2D eigenvalue weighted by molar-refractivity contribution is 5.89. The first kappa shape index (κ1) is 11.0. The molecule has 1 amide bonds. The molecule has 1 saturated carbocycles. The van der Waals surface area contributed by atoms with Crippen molar-refractivity contribution in [2.75, 3.05) is 7.05 Å². The second-order valence-electron chi connectivity index (χ2n) is 3.99. The maximum absolute atomic E-state index is 11.7. The Kier molecular flexibility index (Phi) is 3.13. The van der Waals surface area contributed by atoms with Crippen LogP contribution >= 0.6 is 0 Å². The van der Waals surface area contributed by atoms with Crippen molar-refractivity contribution in [1.29, 1.82) is 0 Å². The number of carbonyl (C=O) groups excluding carboxylic acids is 1. The molecule has 1 rings (SSSR count). The van der Waals surface area contributed by atoms with Gasteiger partial charge in [-0.15, -0.1) is 0 Å². The summed E-state index contributed by atoms with van der Waals surface area (Å²) >= 11 is 0. The van der Waals surface area contributed by atoms with Crippen molar-refractivity contribution in [3.8, 4) is 0 Å². The van der Waals surface area contributed by atoms with Gasteiger partial charge in [0.2, 0.25) is 5.91 Å². The third kappa shape index (κ3) is 2.05. The summed E-state index contributed by atoms with van der Waals surface area (Å²) in [4.78, 5) is 23.9. The number of hydrogen-bond donors (Lipinski definition) is 1. The summed E-state index contributed by atoms with van der Waals surface area (Å²) < 4.78 is 0. The molecule has 0 spiro atoms. The van der Waals surface area contributed by atoms with Gasteiger partial charge < -0.3 is 10.0 Å². The Morgan fingerprint density at radius 3 is 2.43 bits per heavy atom. The summed E-state index contributed by atoms with van der Waals surface area (Å²) in [5.74, 6) is -1.58. The van der Waals surface area contributed by atoms with E-state index in [-0.39, 0.29) is 17.9 Å². The molecule has 80 valence electrons. The van der Waals surface area contributed by atoms with Crippen LogP contribution in [0.25, 0.3) is 0 Å². The lowest BCUT2D eigenvalue weighted by molar-refractivity contribution is -0.142. The molecule has 1 N–H and O–H groups in total. The van der Waals surface area contributed by atoms with Crippen molar-refractivity contribution < 1.29 is 14.7 Å². The average molecular weight is 199 g/mol. The molecule has 1 aliphatic carbocycles. The molecule has 0 aliphatic heterocycles. The summed E-state index contributed by atoms with van der Waals surface area (Å²) in [6.07, 6.45) is 1.40. The van der Waals surface area contributed by atoms with E-state index in [1.54, 1.807) is 11.9 Å². The Hall–Kier alpha value is -1.06. The van der Waals surface area contributed by atoms with E-state index in [1.165, 1.54) is 0 Å². The largest absolute Gasteiger partial charge is 0.481 e. The molecule has 4 nitrogen and oxygen atoms in total. The lowest BCUT2D eigenvalue weighted by Crippen LogP contribution is -2.36. The summed E-state index contributed by atoms with van der Waals surface area (Å²) in [5, 5.41) is 8.68.